The molecule has 192 valence electrons. The molecule has 1 N–H and O–H groups in total. The normalized spacial score (nSPS) is 16.9. The van der Waals surface area contributed by atoms with Crippen molar-refractivity contribution in [3.63, 3.8) is 0 Å². The van der Waals surface area contributed by atoms with E-state index in [-0.39, 0.29) is 24.4 Å². The molecule has 3 aromatic rings. The molecule has 3 aromatic heterocycles. The number of anilines is 1. The Morgan fingerprint density at radius 1 is 1.19 bits per heavy atom. The van der Waals surface area contributed by atoms with E-state index in [1.807, 2.05) is 18.7 Å². The SMILES string of the molecule is CC1=CC(OCc2ncc(F)cc2F)=C(Cl)CN1c1cc(-n2cccc(C3(O)CCC3)c2=O)ncc1C. The zero-order valence-corrected chi connectivity index (χ0v) is 21.1. The van der Waals surface area contributed by atoms with E-state index >= 15 is 0 Å². The molecule has 2 aliphatic rings. The highest BCUT2D eigenvalue weighted by atomic mass is 35.5. The third-order valence-corrected chi connectivity index (χ3v) is 7.11. The lowest BCUT2D eigenvalue weighted by Crippen LogP contribution is -2.40. The molecule has 1 aliphatic carbocycles. The van der Waals surface area contributed by atoms with Gasteiger partial charge in [0.25, 0.3) is 5.56 Å². The van der Waals surface area contributed by atoms with Gasteiger partial charge in [0.15, 0.2) is 5.82 Å². The van der Waals surface area contributed by atoms with Crippen LogP contribution in [0.25, 0.3) is 5.82 Å². The summed E-state index contributed by atoms with van der Waals surface area (Å²) < 4.78 is 34.2. The van der Waals surface area contributed by atoms with Gasteiger partial charge in [-0.2, -0.15) is 0 Å². The summed E-state index contributed by atoms with van der Waals surface area (Å²) in [6, 6.07) is 5.96. The Morgan fingerprint density at radius 3 is 2.68 bits per heavy atom. The van der Waals surface area contributed by atoms with Gasteiger partial charge < -0.3 is 14.7 Å². The molecule has 0 amide bonds. The summed E-state index contributed by atoms with van der Waals surface area (Å²) in [6.45, 7) is 3.85. The van der Waals surface area contributed by atoms with Crippen molar-refractivity contribution >= 4 is 17.3 Å². The Balaban J connectivity index is 1.41. The van der Waals surface area contributed by atoms with Crippen LogP contribution in [-0.2, 0) is 16.9 Å². The molecule has 0 atom stereocenters. The number of aryl methyl sites for hydroxylation is 1. The summed E-state index contributed by atoms with van der Waals surface area (Å²) in [5.74, 6) is -0.769. The highest BCUT2D eigenvalue weighted by molar-refractivity contribution is 6.30. The fourth-order valence-corrected chi connectivity index (χ4v) is 4.74. The van der Waals surface area contributed by atoms with Gasteiger partial charge in [-0.3, -0.25) is 14.3 Å². The average Bonchev–Trinajstić information content (AvgIpc) is 2.84. The molecule has 4 heterocycles. The van der Waals surface area contributed by atoms with Crippen molar-refractivity contribution < 1.29 is 18.6 Å². The lowest BCUT2D eigenvalue weighted by Gasteiger charge is -2.36. The molecule has 0 radical (unpaired) electrons. The Morgan fingerprint density at radius 2 is 1.97 bits per heavy atom. The van der Waals surface area contributed by atoms with Crippen LogP contribution in [0, 0.1) is 18.6 Å². The molecular formula is C27H25ClF2N4O3. The van der Waals surface area contributed by atoms with Gasteiger partial charge >= 0.3 is 0 Å². The molecule has 37 heavy (non-hydrogen) atoms. The lowest BCUT2D eigenvalue weighted by molar-refractivity contribution is -0.0402. The maximum absolute atomic E-state index is 13.9. The summed E-state index contributed by atoms with van der Waals surface area (Å²) in [4.78, 5) is 23.4. The van der Waals surface area contributed by atoms with E-state index in [0.29, 0.717) is 35.0 Å². The average molecular weight is 527 g/mol. The largest absolute Gasteiger partial charge is 0.486 e. The first kappa shape index (κ1) is 25.1. The Hall–Kier alpha value is -3.56. The number of ether oxygens (including phenoxy) is 1. The van der Waals surface area contributed by atoms with Crippen LogP contribution in [0.15, 0.2) is 70.2 Å². The quantitative estimate of drug-likeness (QED) is 0.488. The van der Waals surface area contributed by atoms with E-state index in [2.05, 4.69) is 9.97 Å². The van der Waals surface area contributed by atoms with Crippen LogP contribution < -0.4 is 10.5 Å². The van der Waals surface area contributed by atoms with Crippen molar-refractivity contribution in [2.45, 2.75) is 45.3 Å². The van der Waals surface area contributed by atoms with Crippen molar-refractivity contribution in [2.24, 2.45) is 0 Å². The number of aromatic nitrogens is 3. The number of hydrogen-bond acceptors (Lipinski definition) is 6. The van der Waals surface area contributed by atoms with E-state index in [4.69, 9.17) is 16.3 Å². The summed E-state index contributed by atoms with van der Waals surface area (Å²) in [5, 5.41) is 11.1. The molecule has 0 spiro atoms. The fourth-order valence-electron chi connectivity index (χ4n) is 4.51. The second-order valence-corrected chi connectivity index (χ2v) is 9.78. The van der Waals surface area contributed by atoms with Crippen molar-refractivity contribution in [2.75, 3.05) is 11.4 Å². The minimum atomic E-state index is -1.08. The predicted molar refractivity (Wildman–Crippen MR) is 135 cm³/mol. The molecule has 5 rings (SSSR count). The number of halogens is 3. The molecule has 0 unspecified atom stereocenters. The molecule has 1 saturated carbocycles. The highest BCUT2D eigenvalue weighted by Crippen LogP contribution is 2.39. The smallest absolute Gasteiger partial charge is 0.262 e. The highest BCUT2D eigenvalue weighted by Gasteiger charge is 2.38. The second-order valence-electron chi connectivity index (χ2n) is 9.32. The van der Waals surface area contributed by atoms with Crippen LogP contribution in [0.1, 0.15) is 43.0 Å². The van der Waals surface area contributed by atoms with E-state index in [0.717, 1.165) is 35.6 Å². The molecule has 0 aromatic carbocycles. The standard InChI is InChI=1S/C27H25ClF2N4O3/c1-16-12-32-25(33-8-3-5-19(26(33)35)27(36)6-4-7-27)11-23(16)34-14-20(28)24(9-17(34)2)37-15-22-21(30)10-18(29)13-31-22/h3,5,8-13,36H,4,6-7,14-15H2,1-2H3. The third kappa shape index (κ3) is 4.76. The molecular weight excluding hydrogens is 502 g/mol. The van der Waals surface area contributed by atoms with Gasteiger partial charge in [0.2, 0.25) is 0 Å². The first-order chi connectivity index (χ1) is 17.7. The molecule has 0 saturated heterocycles. The van der Waals surface area contributed by atoms with Crippen molar-refractivity contribution in [1.29, 1.82) is 0 Å². The van der Waals surface area contributed by atoms with Gasteiger partial charge in [0.05, 0.1) is 23.4 Å². The van der Waals surface area contributed by atoms with Gasteiger partial charge in [-0.1, -0.05) is 11.6 Å². The number of hydrogen-bond donors (Lipinski definition) is 1. The van der Waals surface area contributed by atoms with Gasteiger partial charge in [-0.05, 0) is 50.8 Å². The van der Waals surface area contributed by atoms with Crippen molar-refractivity contribution in [3.05, 3.63) is 104 Å². The maximum Gasteiger partial charge on any atom is 0.262 e. The molecule has 7 nitrogen and oxygen atoms in total. The number of aliphatic hydroxyl groups is 1. The van der Waals surface area contributed by atoms with Gasteiger partial charge in [0, 0.05) is 47.6 Å². The predicted octanol–water partition coefficient (Wildman–Crippen LogP) is 4.98. The maximum atomic E-state index is 13.9. The minimum absolute atomic E-state index is 0.0271. The van der Waals surface area contributed by atoms with Gasteiger partial charge in [-0.15, -0.1) is 0 Å². The molecule has 1 fully saturated rings. The van der Waals surface area contributed by atoms with E-state index in [1.54, 1.807) is 36.7 Å². The number of pyridine rings is 3. The Labute approximate surface area is 217 Å². The summed E-state index contributed by atoms with van der Waals surface area (Å²) >= 11 is 6.55. The second kappa shape index (κ2) is 9.72. The Kier molecular flexibility index (Phi) is 6.59. The summed E-state index contributed by atoms with van der Waals surface area (Å²) in [7, 11) is 0. The van der Waals surface area contributed by atoms with Gasteiger partial charge in [0.1, 0.15) is 29.7 Å². The third-order valence-electron chi connectivity index (χ3n) is 6.81. The van der Waals surface area contributed by atoms with Crippen molar-refractivity contribution in [1.82, 2.24) is 14.5 Å². The lowest BCUT2D eigenvalue weighted by atomic mass is 9.75. The summed E-state index contributed by atoms with van der Waals surface area (Å²) in [5.41, 5.74) is 1.43. The fraction of sp³-hybridized carbons (Fsp3) is 0.296. The van der Waals surface area contributed by atoms with E-state index < -0.39 is 17.2 Å². The minimum Gasteiger partial charge on any atom is -0.486 e. The summed E-state index contributed by atoms with van der Waals surface area (Å²) in [6.07, 6.45) is 7.99. The first-order valence-corrected chi connectivity index (χ1v) is 12.2. The van der Waals surface area contributed by atoms with Crippen LogP contribution in [0.4, 0.5) is 14.5 Å². The van der Waals surface area contributed by atoms with E-state index in [1.165, 1.54) is 4.57 Å². The van der Waals surface area contributed by atoms with Crippen LogP contribution in [-0.4, -0.2) is 26.2 Å². The Bertz CT molecular complexity index is 1500. The van der Waals surface area contributed by atoms with Crippen LogP contribution in [0.3, 0.4) is 0 Å². The van der Waals surface area contributed by atoms with Crippen LogP contribution >= 0.6 is 11.6 Å². The van der Waals surface area contributed by atoms with E-state index in [9.17, 15) is 18.7 Å². The zero-order valence-electron chi connectivity index (χ0n) is 20.3. The topological polar surface area (TPSA) is 80.5 Å². The number of nitrogens with zero attached hydrogens (tertiary/aromatic N) is 4. The molecule has 10 heteroatoms. The number of allylic oxidation sites excluding steroid dienone is 2. The number of rotatable bonds is 6. The molecule has 0 bridgehead atoms. The zero-order chi connectivity index (χ0) is 26.3. The van der Waals surface area contributed by atoms with Gasteiger partial charge in [-0.25, -0.2) is 13.8 Å². The first-order valence-electron chi connectivity index (χ1n) is 11.8. The van der Waals surface area contributed by atoms with Crippen LogP contribution in [0.2, 0.25) is 0 Å². The van der Waals surface area contributed by atoms with Crippen LogP contribution in [0.5, 0.6) is 0 Å². The van der Waals surface area contributed by atoms with Crippen molar-refractivity contribution in [3.8, 4) is 5.82 Å². The molecule has 1 aliphatic heterocycles. The monoisotopic (exact) mass is 526 g/mol.